The summed E-state index contributed by atoms with van der Waals surface area (Å²) in [5.41, 5.74) is 1.97. The number of fused-ring (bicyclic) bond motifs is 1. The van der Waals surface area contributed by atoms with Gasteiger partial charge in [0.05, 0.1) is 10.5 Å². The Hall–Kier alpha value is -1.97. The van der Waals surface area contributed by atoms with Gasteiger partial charge in [-0.2, -0.15) is 0 Å². The molecule has 0 amide bonds. The smallest absolute Gasteiger partial charge is 0.131 e. The molecule has 1 saturated heterocycles. The van der Waals surface area contributed by atoms with E-state index in [1.165, 1.54) is 18.5 Å². The number of benzene rings is 2. The number of anilines is 1. The van der Waals surface area contributed by atoms with Gasteiger partial charge in [0, 0.05) is 30.2 Å². The summed E-state index contributed by atoms with van der Waals surface area (Å²) in [6.45, 7) is 2.27. The van der Waals surface area contributed by atoms with E-state index in [1.807, 2.05) is 30.3 Å². The van der Waals surface area contributed by atoms with Gasteiger partial charge in [-0.15, -0.1) is 0 Å². The van der Waals surface area contributed by atoms with E-state index in [2.05, 4.69) is 22.0 Å². The van der Waals surface area contributed by atoms with Gasteiger partial charge in [-0.25, -0.2) is 4.98 Å². The van der Waals surface area contributed by atoms with Crippen LogP contribution in [0.5, 0.6) is 11.5 Å². The second-order valence-corrected chi connectivity index (χ2v) is 6.69. The number of aromatic nitrogens is 1. The second-order valence-electron chi connectivity index (χ2n) is 5.90. The van der Waals surface area contributed by atoms with Crippen LogP contribution in [0.1, 0.15) is 12.8 Å². The molecule has 2 aromatic carbocycles. The van der Waals surface area contributed by atoms with Crippen LogP contribution in [-0.2, 0) is 0 Å². The number of rotatable bonds is 3. The third-order valence-electron chi connectivity index (χ3n) is 4.24. The minimum Gasteiger partial charge on any atom is -0.457 e. The average molecular weight is 359 g/mol. The number of pyridine rings is 1. The number of hydrogen-bond donors (Lipinski definition) is 0. The SMILES string of the molecule is Clc1cc(Cl)c2ccc(Oc3ccc(N4CCCC4)cc3)cc2n1. The van der Waals surface area contributed by atoms with Gasteiger partial charge in [0.2, 0.25) is 0 Å². The zero-order valence-electron chi connectivity index (χ0n) is 13.0. The fourth-order valence-corrected chi connectivity index (χ4v) is 3.55. The van der Waals surface area contributed by atoms with Gasteiger partial charge in [-0.3, -0.25) is 0 Å². The van der Waals surface area contributed by atoms with Crippen molar-refractivity contribution in [1.29, 1.82) is 0 Å². The molecule has 1 aliphatic heterocycles. The minimum absolute atomic E-state index is 0.375. The maximum Gasteiger partial charge on any atom is 0.131 e. The normalized spacial score (nSPS) is 14.3. The molecule has 0 spiro atoms. The Morgan fingerprint density at radius 2 is 1.58 bits per heavy atom. The van der Waals surface area contributed by atoms with Gasteiger partial charge in [0.15, 0.2) is 0 Å². The van der Waals surface area contributed by atoms with Gasteiger partial charge in [0.1, 0.15) is 16.7 Å². The fraction of sp³-hybridized carbons (Fsp3) is 0.211. The molecule has 122 valence electrons. The van der Waals surface area contributed by atoms with Gasteiger partial charge in [-0.1, -0.05) is 23.2 Å². The maximum absolute atomic E-state index is 6.18. The number of hydrogen-bond acceptors (Lipinski definition) is 3. The topological polar surface area (TPSA) is 25.4 Å². The molecule has 1 aliphatic rings. The molecule has 0 saturated carbocycles. The Kier molecular flexibility index (Phi) is 4.21. The van der Waals surface area contributed by atoms with E-state index in [-0.39, 0.29) is 0 Å². The lowest BCUT2D eigenvalue weighted by Crippen LogP contribution is -2.17. The molecule has 3 aromatic rings. The lowest BCUT2D eigenvalue weighted by molar-refractivity contribution is 0.483. The minimum atomic E-state index is 0.375. The lowest BCUT2D eigenvalue weighted by atomic mass is 10.2. The van der Waals surface area contributed by atoms with E-state index in [9.17, 15) is 0 Å². The molecule has 0 radical (unpaired) electrons. The highest BCUT2D eigenvalue weighted by molar-refractivity contribution is 6.37. The van der Waals surface area contributed by atoms with Crippen LogP contribution in [0.25, 0.3) is 10.9 Å². The van der Waals surface area contributed by atoms with E-state index < -0.39 is 0 Å². The van der Waals surface area contributed by atoms with Crippen molar-refractivity contribution in [3.05, 3.63) is 58.7 Å². The lowest BCUT2D eigenvalue weighted by Gasteiger charge is -2.17. The number of halogens is 2. The molecule has 3 nitrogen and oxygen atoms in total. The summed E-state index contributed by atoms with van der Waals surface area (Å²) >= 11 is 12.2. The first kappa shape index (κ1) is 15.6. The van der Waals surface area contributed by atoms with Crippen molar-refractivity contribution < 1.29 is 4.74 Å². The molecule has 0 N–H and O–H groups in total. The highest BCUT2D eigenvalue weighted by Crippen LogP contribution is 2.31. The first-order chi connectivity index (χ1) is 11.7. The molecule has 4 rings (SSSR count). The fourth-order valence-electron chi connectivity index (χ4n) is 3.04. The Morgan fingerprint density at radius 1 is 0.875 bits per heavy atom. The van der Waals surface area contributed by atoms with Crippen LogP contribution in [0.2, 0.25) is 10.2 Å². The molecule has 0 unspecified atom stereocenters. The number of ether oxygens (including phenoxy) is 1. The molecule has 0 aliphatic carbocycles. The molecule has 1 fully saturated rings. The molecular formula is C19H16Cl2N2O. The first-order valence-corrected chi connectivity index (χ1v) is 8.73. The van der Waals surface area contributed by atoms with Gasteiger partial charge in [-0.05, 0) is 55.3 Å². The summed E-state index contributed by atoms with van der Waals surface area (Å²) in [7, 11) is 0. The third-order valence-corrected chi connectivity index (χ3v) is 4.75. The van der Waals surface area contributed by atoms with Crippen LogP contribution < -0.4 is 9.64 Å². The van der Waals surface area contributed by atoms with Crippen LogP contribution >= 0.6 is 23.2 Å². The average Bonchev–Trinajstić information content (AvgIpc) is 3.09. The highest BCUT2D eigenvalue weighted by atomic mass is 35.5. The van der Waals surface area contributed by atoms with Gasteiger partial charge < -0.3 is 9.64 Å². The van der Waals surface area contributed by atoms with Crippen LogP contribution in [0.4, 0.5) is 5.69 Å². The maximum atomic E-state index is 6.18. The van der Waals surface area contributed by atoms with Crippen LogP contribution in [-0.4, -0.2) is 18.1 Å². The van der Waals surface area contributed by atoms with Crippen LogP contribution in [0.15, 0.2) is 48.5 Å². The van der Waals surface area contributed by atoms with Crippen molar-refractivity contribution in [3.8, 4) is 11.5 Å². The summed E-state index contributed by atoms with van der Waals surface area (Å²) < 4.78 is 5.94. The zero-order valence-corrected chi connectivity index (χ0v) is 14.5. The van der Waals surface area contributed by atoms with E-state index in [4.69, 9.17) is 27.9 Å². The predicted molar refractivity (Wildman–Crippen MR) is 99.7 cm³/mol. The molecule has 0 atom stereocenters. The van der Waals surface area contributed by atoms with Gasteiger partial charge >= 0.3 is 0 Å². The van der Waals surface area contributed by atoms with Gasteiger partial charge in [0.25, 0.3) is 0 Å². The standard InChI is InChI=1S/C19H16Cl2N2O/c20-17-12-19(21)22-18-11-15(7-8-16(17)18)24-14-5-3-13(4-6-14)23-9-1-2-10-23/h3-8,11-12H,1-2,9-10H2. The highest BCUT2D eigenvalue weighted by Gasteiger charge is 2.12. The Labute approximate surface area is 150 Å². The summed E-state index contributed by atoms with van der Waals surface area (Å²) in [6.07, 6.45) is 2.54. The second kappa shape index (κ2) is 6.50. The monoisotopic (exact) mass is 358 g/mol. The van der Waals surface area contributed by atoms with Crippen LogP contribution in [0.3, 0.4) is 0 Å². The Morgan fingerprint density at radius 3 is 2.33 bits per heavy atom. The third kappa shape index (κ3) is 3.14. The molecule has 0 bridgehead atoms. The molecule has 1 aromatic heterocycles. The molecule has 2 heterocycles. The van der Waals surface area contributed by atoms with Crippen molar-refractivity contribution >= 4 is 39.8 Å². The van der Waals surface area contributed by atoms with Crippen molar-refractivity contribution in [2.24, 2.45) is 0 Å². The van der Waals surface area contributed by atoms with Crippen molar-refractivity contribution in [2.45, 2.75) is 12.8 Å². The summed E-state index contributed by atoms with van der Waals surface area (Å²) in [5.74, 6) is 1.51. The van der Waals surface area contributed by atoms with Crippen molar-refractivity contribution in [2.75, 3.05) is 18.0 Å². The first-order valence-electron chi connectivity index (χ1n) is 7.98. The molecule has 24 heavy (non-hydrogen) atoms. The zero-order chi connectivity index (χ0) is 16.5. The van der Waals surface area contributed by atoms with E-state index >= 15 is 0 Å². The number of nitrogens with zero attached hydrogens (tertiary/aromatic N) is 2. The summed E-state index contributed by atoms with van der Waals surface area (Å²) in [6, 6.07) is 15.5. The predicted octanol–water partition coefficient (Wildman–Crippen LogP) is 5.93. The molecular weight excluding hydrogens is 343 g/mol. The Balaban J connectivity index is 1.57. The quantitative estimate of drug-likeness (QED) is 0.542. The Bertz CT molecular complexity index is 874. The van der Waals surface area contributed by atoms with Crippen LogP contribution in [0, 0.1) is 0 Å². The van der Waals surface area contributed by atoms with E-state index in [0.717, 1.165) is 29.7 Å². The largest absolute Gasteiger partial charge is 0.457 e. The van der Waals surface area contributed by atoms with E-state index in [0.29, 0.717) is 15.9 Å². The molecule has 5 heteroatoms. The summed E-state index contributed by atoms with van der Waals surface area (Å²) in [4.78, 5) is 6.70. The van der Waals surface area contributed by atoms with Crippen molar-refractivity contribution in [3.63, 3.8) is 0 Å². The van der Waals surface area contributed by atoms with Crippen molar-refractivity contribution in [1.82, 2.24) is 4.98 Å². The summed E-state index contributed by atoms with van der Waals surface area (Å²) in [5, 5.41) is 1.82. The van der Waals surface area contributed by atoms with E-state index in [1.54, 1.807) is 6.07 Å².